The molecule has 2 heterocycles. The number of nitrogens with one attached hydrogen (secondary N) is 1. The molecule has 0 fully saturated rings. The van der Waals surface area contributed by atoms with Crippen LogP contribution in [0.4, 0.5) is 5.82 Å². The van der Waals surface area contributed by atoms with Crippen LogP contribution in [-0.2, 0) is 4.74 Å². The van der Waals surface area contributed by atoms with Gasteiger partial charge in [0.2, 0.25) is 5.89 Å². The lowest BCUT2D eigenvalue weighted by Crippen LogP contribution is -2.27. The lowest BCUT2D eigenvalue weighted by Gasteiger charge is -2.00. The van der Waals surface area contributed by atoms with Crippen LogP contribution in [-0.4, -0.2) is 36.1 Å². The van der Waals surface area contributed by atoms with E-state index in [2.05, 4.69) is 15.3 Å². The molecule has 0 aliphatic carbocycles. The number of aromatic nitrogens is 2. The van der Waals surface area contributed by atoms with Gasteiger partial charge in [0, 0.05) is 19.9 Å². The SMILES string of the molecule is COCCNC(=O)c1coc(-c2ccc(N)nc2)n1. The molecule has 100 valence electrons. The summed E-state index contributed by atoms with van der Waals surface area (Å²) in [5.74, 6) is 0.424. The maximum Gasteiger partial charge on any atom is 0.273 e. The predicted octanol–water partition coefficient (Wildman–Crippen LogP) is 0.695. The predicted molar refractivity (Wildman–Crippen MR) is 68.4 cm³/mol. The quantitative estimate of drug-likeness (QED) is 0.768. The maximum absolute atomic E-state index is 11.7. The summed E-state index contributed by atoms with van der Waals surface area (Å²) in [5.41, 5.74) is 6.36. The van der Waals surface area contributed by atoms with Gasteiger partial charge >= 0.3 is 0 Å². The van der Waals surface area contributed by atoms with Gasteiger partial charge in [-0.1, -0.05) is 0 Å². The number of amides is 1. The average molecular weight is 262 g/mol. The highest BCUT2D eigenvalue weighted by molar-refractivity contribution is 5.92. The Bertz CT molecular complexity index is 550. The number of carbonyl (C=O) groups is 1. The summed E-state index contributed by atoms with van der Waals surface area (Å²) in [6, 6.07) is 3.36. The Kier molecular flexibility index (Phi) is 4.09. The summed E-state index contributed by atoms with van der Waals surface area (Å²) in [6.07, 6.45) is 2.83. The summed E-state index contributed by atoms with van der Waals surface area (Å²) in [7, 11) is 1.56. The molecule has 0 saturated carbocycles. The van der Waals surface area contributed by atoms with Crippen molar-refractivity contribution in [2.24, 2.45) is 0 Å². The van der Waals surface area contributed by atoms with Crippen LogP contribution in [0.1, 0.15) is 10.5 Å². The number of ether oxygens (including phenoxy) is 1. The molecular formula is C12H14N4O3. The first-order valence-electron chi connectivity index (χ1n) is 5.65. The number of nitrogens with two attached hydrogens (primary N) is 1. The summed E-state index contributed by atoms with van der Waals surface area (Å²) < 4.78 is 10.1. The molecule has 0 radical (unpaired) electrons. The van der Waals surface area contributed by atoms with Crippen molar-refractivity contribution in [3.63, 3.8) is 0 Å². The number of nitrogens with zero attached hydrogens (tertiary/aromatic N) is 2. The van der Waals surface area contributed by atoms with Crippen molar-refractivity contribution in [3.8, 4) is 11.5 Å². The van der Waals surface area contributed by atoms with Gasteiger partial charge in [-0.25, -0.2) is 9.97 Å². The minimum absolute atomic E-state index is 0.211. The van der Waals surface area contributed by atoms with Gasteiger partial charge in [-0.15, -0.1) is 0 Å². The van der Waals surface area contributed by atoms with Crippen molar-refractivity contribution in [1.82, 2.24) is 15.3 Å². The van der Waals surface area contributed by atoms with Gasteiger partial charge in [-0.3, -0.25) is 4.79 Å². The molecule has 7 nitrogen and oxygen atoms in total. The van der Waals surface area contributed by atoms with Crippen LogP contribution in [0.5, 0.6) is 0 Å². The van der Waals surface area contributed by atoms with Crippen LogP contribution < -0.4 is 11.1 Å². The Morgan fingerprint density at radius 3 is 3.05 bits per heavy atom. The zero-order valence-corrected chi connectivity index (χ0v) is 10.4. The van der Waals surface area contributed by atoms with Crippen molar-refractivity contribution in [3.05, 3.63) is 30.3 Å². The number of hydrogen-bond acceptors (Lipinski definition) is 6. The van der Waals surface area contributed by atoms with E-state index in [1.165, 1.54) is 12.5 Å². The van der Waals surface area contributed by atoms with Gasteiger partial charge in [0.05, 0.1) is 12.2 Å². The fourth-order valence-corrected chi connectivity index (χ4v) is 1.40. The first-order valence-corrected chi connectivity index (χ1v) is 5.65. The summed E-state index contributed by atoms with van der Waals surface area (Å²) in [4.78, 5) is 19.7. The number of rotatable bonds is 5. The second kappa shape index (κ2) is 5.96. The zero-order valence-electron chi connectivity index (χ0n) is 10.4. The highest BCUT2D eigenvalue weighted by Crippen LogP contribution is 2.18. The topological polar surface area (TPSA) is 103 Å². The van der Waals surface area contributed by atoms with E-state index >= 15 is 0 Å². The average Bonchev–Trinajstić information content (AvgIpc) is 2.89. The van der Waals surface area contributed by atoms with E-state index in [4.69, 9.17) is 14.9 Å². The summed E-state index contributed by atoms with van der Waals surface area (Å²) in [6.45, 7) is 0.860. The lowest BCUT2D eigenvalue weighted by atomic mass is 10.3. The number of carbonyl (C=O) groups excluding carboxylic acids is 1. The minimum Gasteiger partial charge on any atom is -0.444 e. The fraction of sp³-hybridized carbons (Fsp3) is 0.250. The largest absolute Gasteiger partial charge is 0.444 e. The van der Waals surface area contributed by atoms with Crippen LogP contribution >= 0.6 is 0 Å². The van der Waals surface area contributed by atoms with Crippen LogP contribution in [0.15, 0.2) is 29.0 Å². The molecule has 0 unspecified atom stereocenters. The van der Waals surface area contributed by atoms with E-state index in [0.717, 1.165) is 0 Å². The van der Waals surface area contributed by atoms with E-state index < -0.39 is 0 Å². The van der Waals surface area contributed by atoms with Crippen LogP contribution in [0, 0.1) is 0 Å². The molecule has 2 aromatic rings. The summed E-state index contributed by atoms with van der Waals surface area (Å²) in [5, 5.41) is 2.65. The monoisotopic (exact) mass is 262 g/mol. The maximum atomic E-state index is 11.7. The van der Waals surface area contributed by atoms with Gasteiger partial charge in [-0.2, -0.15) is 0 Å². The molecular weight excluding hydrogens is 248 g/mol. The highest BCUT2D eigenvalue weighted by atomic mass is 16.5. The number of anilines is 1. The molecule has 1 amide bonds. The van der Waals surface area contributed by atoms with Crippen molar-refractivity contribution < 1.29 is 13.9 Å². The Morgan fingerprint density at radius 1 is 1.53 bits per heavy atom. The third-order valence-corrected chi connectivity index (χ3v) is 2.36. The normalized spacial score (nSPS) is 10.4. The molecule has 3 N–H and O–H groups in total. The van der Waals surface area contributed by atoms with E-state index in [1.54, 1.807) is 19.2 Å². The number of oxazole rings is 1. The Hall–Kier alpha value is -2.41. The molecule has 2 aromatic heterocycles. The van der Waals surface area contributed by atoms with E-state index in [1.807, 2.05) is 0 Å². The molecule has 19 heavy (non-hydrogen) atoms. The van der Waals surface area contributed by atoms with Crippen molar-refractivity contribution >= 4 is 11.7 Å². The molecule has 0 spiro atoms. The van der Waals surface area contributed by atoms with Crippen LogP contribution in [0.25, 0.3) is 11.5 Å². The molecule has 0 aromatic carbocycles. The number of hydrogen-bond donors (Lipinski definition) is 2. The molecule has 0 aliphatic rings. The van der Waals surface area contributed by atoms with Crippen molar-refractivity contribution in [2.75, 3.05) is 26.0 Å². The second-order valence-electron chi connectivity index (χ2n) is 3.76. The first kappa shape index (κ1) is 13.0. The third-order valence-electron chi connectivity index (χ3n) is 2.36. The molecule has 0 atom stereocenters. The molecule has 0 aliphatic heterocycles. The van der Waals surface area contributed by atoms with Gasteiger partial charge in [0.15, 0.2) is 5.69 Å². The van der Waals surface area contributed by atoms with Gasteiger partial charge in [0.25, 0.3) is 5.91 Å². The molecule has 7 heteroatoms. The summed E-state index contributed by atoms with van der Waals surface area (Å²) >= 11 is 0. The molecule has 2 rings (SSSR count). The lowest BCUT2D eigenvalue weighted by molar-refractivity contribution is 0.0932. The third kappa shape index (κ3) is 3.29. The highest BCUT2D eigenvalue weighted by Gasteiger charge is 2.13. The van der Waals surface area contributed by atoms with E-state index in [-0.39, 0.29) is 11.6 Å². The molecule has 0 saturated heterocycles. The van der Waals surface area contributed by atoms with Gasteiger partial charge < -0.3 is 20.2 Å². The van der Waals surface area contributed by atoms with Crippen molar-refractivity contribution in [2.45, 2.75) is 0 Å². The smallest absolute Gasteiger partial charge is 0.273 e. The number of methoxy groups -OCH3 is 1. The minimum atomic E-state index is -0.310. The second-order valence-corrected chi connectivity index (χ2v) is 3.76. The Morgan fingerprint density at radius 2 is 2.37 bits per heavy atom. The van der Waals surface area contributed by atoms with Gasteiger partial charge in [0.1, 0.15) is 12.1 Å². The van der Waals surface area contributed by atoms with Gasteiger partial charge in [-0.05, 0) is 12.1 Å². The van der Waals surface area contributed by atoms with E-state index in [0.29, 0.717) is 30.4 Å². The Labute approximate surface area is 109 Å². The number of nitrogen functional groups attached to an aromatic ring is 1. The van der Waals surface area contributed by atoms with Crippen molar-refractivity contribution in [1.29, 1.82) is 0 Å². The standard InChI is InChI=1S/C12H14N4O3/c1-18-5-4-14-11(17)9-7-19-12(16-9)8-2-3-10(13)15-6-8/h2-3,6-7H,4-5H2,1H3,(H2,13,15)(H,14,17). The van der Waals surface area contributed by atoms with Crippen LogP contribution in [0.2, 0.25) is 0 Å². The first-order chi connectivity index (χ1) is 9.20. The van der Waals surface area contributed by atoms with Crippen LogP contribution in [0.3, 0.4) is 0 Å². The Balaban J connectivity index is 2.06. The fourth-order valence-electron chi connectivity index (χ4n) is 1.40. The zero-order chi connectivity index (χ0) is 13.7. The van der Waals surface area contributed by atoms with E-state index in [9.17, 15) is 4.79 Å². The number of pyridine rings is 1. The molecule has 0 bridgehead atoms.